The van der Waals surface area contributed by atoms with Crippen molar-refractivity contribution in [1.29, 1.82) is 0 Å². The highest BCUT2D eigenvalue weighted by Gasteiger charge is 2.33. The molecule has 0 bridgehead atoms. The van der Waals surface area contributed by atoms with Gasteiger partial charge in [-0.2, -0.15) is 0 Å². The fraction of sp³-hybridized carbons (Fsp3) is 0.714. The van der Waals surface area contributed by atoms with Crippen molar-refractivity contribution in [3.8, 4) is 0 Å². The highest BCUT2D eigenvalue weighted by atomic mass is 79.9. The second-order valence-electron chi connectivity index (χ2n) is 5.67. The van der Waals surface area contributed by atoms with Crippen LogP contribution in [0.2, 0.25) is 0 Å². The molecule has 0 spiro atoms. The highest BCUT2D eigenvalue weighted by Crippen LogP contribution is 2.36. The number of thiophene rings is 1. The Labute approximate surface area is 123 Å². The van der Waals surface area contributed by atoms with Gasteiger partial charge in [0.15, 0.2) is 0 Å². The lowest BCUT2D eigenvalue weighted by Crippen LogP contribution is -2.49. The maximum absolute atomic E-state index is 6.05. The van der Waals surface area contributed by atoms with Gasteiger partial charge in [-0.1, -0.05) is 13.8 Å². The summed E-state index contributed by atoms with van der Waals surface area (Å²) in [6, 6.07) is 3.22. The molecule has 0 radical (unpaired) electrons. The Balaban J connectivity index is 2.20. The summed E-state index contributed by atoms with van der Waals surface area (Å²) in [5, 5.41) is 2.15. The molecule has 2 rings (SSSR count). The molecule has 0 saturated carbocycles. The lowest BCUT2D eigenvalue weighted by atomic mass is 9.85. The topological polar surface area (TPSA) is 29.3 Å². The third kappa shape index (κ3) is 2.98. The van der Waals surface area contributed by atoms with Gasteiger partial charge in [-0.3, -0.25) is 4.90 Å². The molecule has 1 saturated heterocycles. The Morgan fingerprint density at radius 3 is 2.78 bits per heavy atom. The predicted octanol–water partition coefficient (Wildman–Crippen LogP) is 3.88. The summed E-state index contributed by atoms with van der Waals surface area (Å²) in [6.45, 7) is 8.94. The van der Waals surface area contributed by atoms with Crippen molar-refractivity contribution in [1.82, 2.24) is 4.90 Å². The van der Waals surface area contributed by atoms with E-state index in [0.717, 1.165) is 11.8 Å². The molecule has 1 fully saturated rings. The van der Waals surface area contributed by atoms with E-state index in [1.807, 2.05) is 11.3 Å². The van der Waals surface area contributed by atoms with Crippen LogP contribution in [0.25, 0.3) is 0 Å². The molecule has 2 heterocycles. The van der Waals surface area contributed by atoms with Gasteiger partial charge in [0, 0.05) is 33.9 Å². The Morgan fingerprint density at radius 1 is 1.50 bits per heavy atom. The summed E-state index contributed by atoms with van der Waals surface area (Å²) in [6.07, 6.45) is 1.34. The van der Waals surface area contributed by atoms with Gasteiger partial charge in [0.2, 0.25) is 0 Å². The molecule has 2 nitrogen and oxygen atoms in total. The van der Waals surface area contributed by atoms with Crippen LogP contribution in [0.4, 0.5) is 0 Å². The molecule has 0 aromatic carbocycles. The van der Waals surface area contributed by atoms with E-state index in [2.05, 4.69) is 53.0 Å². The zero-order valence-corrected chi connectivity index (χ0v) is 13.8. The Hall–Kier alpha value is 0.1000. The average molecular weight is 331 g/mol. The van der Waals surface area contributed by atoms with Crippen molar-refractivity contribution in [2.45, 2.75) is 39.3 Å². The fourth-order valence-corrected chi connectivity index (χ4v) is 4.67. The molecule has 2 N–H and O–H groups in total. The third-order valence-electron chi connectivity index (χ3n) is 4.18. The van der Waals surface area contributed by atoms with Crippen LogP contribution >= 0.6 is 27.3 Å². The van der Waals surface area contributed by atoms with Gasteiger partial charge in [-0.25, -0.2) is 0 Å². The van der Waals surface area contributed by atoms with Gasteiger partial charge in [0.1, 0.15) is 0 Å². The molecule has 18 heavy (non-hydrogen) atoms. The van der Waals surface area contributed by atoms with Gasteiger partial charge in [0.05, 0.1) is 6.04 Å². The van der Waals surface area contributed by atoms with E-state index in [1.165, 1.54) is 22.3 Å². The lowest BCUT2D eigenvalue weighted by Gasteiger charge is -2.44. The van der Waals surface area contributed by atoms with Crippen LogP contribution < -0.4 is 5.73 Å². The fourth-order valence-electron chi connectivity index (χ4n) is 3.09. The summed E-state index contributed by atoms with van der Waals surface area (Å²) >= 11 is 5.36. The molecule has 0 amide bonds. The summed E-state index contributed by atoms with van der Waals surface area (Å²) in [4.78, 5) is 3.99. The molecule has 102 valence electrons. The number of halogens is 1. The van der Waals surface area contributed by atoms with E-state index >= 15 is 0 Å². The predicted molar refractivity (Wildman–Crippen MR) is 82.9 cm³/mol. The van der Waals surface area contributed by atoms with E-state index in [1.54, 1.807) is 0 Å². The average Bonchev–Trinajstić information content (AvgIpc) is 2.73. The zero-order chi connectivity index (χ0) is 13.3. The van der Waals surface area contributed by atoms with E-state index < -0.39 is 0 Å². The monoisotopic (exact) mass is 330 g/mol. The molecule has 1 aromatic heterocycles. The zero-order valence-electron chi connectivity index (χ0n) is 11.4. The number of hydrogen-bond donors (Lipinski definition) is 1. The largest absolute Gasteiger partial charge is 0.329 e. The minimum atomic E-state index is 0.376. The first kappa shape index (κ1) is 14.5. The number of rotatable bonds is 3. The molecule has 0 aliphatic carbocycles. The van der Waals surface area contributed by atoms with Crippen molar-refractivity contribution in [2.75, 3.05) is 13.1 Å². The van der Waals surface area contributed by atoms with Gasteiger partial charge in [-0.15, -0.1) is 11.3 Å². The number of hydrogen-bond acceptors (Lipinski definition) is 3. The van der Waals surface area contributed by atoms with Gasteiger partial charge in [-0.05, 0) is 47.2 Å². The van der Waals surface area contributed by atoms with Crippen LogP contribution in [0.15, 0.2) is 15.9 Å². The smallest absolute Gasteiger partial charge is 0.0567 e. The quantitative estimate of drug-likeness (QED) is 0.911. The molecule has 4 atom stereocenters. The first-order chi connectivity index (χ1) is 8.52. The second kappa shape index (κ2) is 6.04. The molecule has 1 aliphatic heterocycles. The maximum atomic E-state index is 6.05. The van der Waals surface area contributed by atoms with E-state index in [9.17, 15) is 0 Å². The Morgan fingerprint density at radius 2 is 2.22 bits per heavy atom. The normalized spacial score (nSPS) is 31.5. The number of nitrogens with zero attached hydrogens (tertiary/aromatic N) is 1. The summed E-state index contributed by atoms with van der Waals surface area (Å²) in [5.41, 5.74) is 6.05. The molecule has 1 aliphatic rings. The van der Waals surface area contributed by atoms with E-state index in [4.69, 9.17) is 5.73 Å². The molecule has 1 aromatic rings. The first-order valence-corrected chi connectivity index (χ1v) is 8.40. The van der Waals surface area contributed by atoms with Crippen molar-refractivity contribution in [3.05, 3.63) is 20.8 Å². The van der Waals surface area contributed by atoms with Gasteiger partial charge < -0.3 is 5.73 Å². The lowest BCUT2D eigenvalue weighted by molar-refractivity contribution is 0.0437. The standard InChI is InChI=1S/C14H23BrN2S/c1-9-4-10(2)11(3)17(7-9)13(6-16)14-5-12(15)8-18-14/h5,8-11,13H,4,6-7,16H2,1-3H3. The van der Waals surface area contributed by atoms with Crippen LogP contribution in [0, 0.1) is 11.8 Å². The summed E-state index contributed by atoms with van der Waals surface area (Å²) in [5.74, 6) is 1.53. The van der Waals surface area contributed by atoms with Crippen molar-refractivity contribution >= 4 is 27.3 Å². The van der Waals surface area contributed by atoms with Crippen LogP contribution in [0.1, 0.15) is 38.1 Å². The van der Waals surface area contributed by atoms with Gasteiger partial charge >= 0.3 is 0 Å². The number of nitrogens with two attached hydrogens (primary N) is 1. The second-order valence-corrected chi connectivity index (χ2v) is 7.53. The number of piperidine rings is 1. The summed E-state index contributed by atoms with van der Waals surface area (Å²) < 4.78 is 1.17. The van der Waals surface area contributed by atoms with E-state index in [0.29, 0.717) is 18.6 Å². The minimum Gasteiger partial charge on any atom is -0.329 e. The molecular weight excluding hydrogens is 308 g/mol. The first-order valence-electron chi connectivity index (χ1n) is 6.72. The highest BCUT2D eigenvalue weighted by molar-refractivity contribution is 9.10. The Kier molecular flexibility index (Phi) is 4.86. The van der Waals surface area contributed by atoms with Crippen LogP contribution in [-0.4, -0.2) is 24.0 Å². The molecule has 4 heteroatoms. The van der Waals surface area contributed by atoms with Crippen molar-refractivity contribution in [3.63, 3.8) is 0 Å². The van der Waals surface area contributed by atoms with Crippen molar-refractivity contribution < 1.29 is 0 Å². The van der Waals surface area contributed by atoms with Gasteiger partial charge in [0.25, 0.3) is 0 Å². The van der Waals surface area contributed by atoms with Crippen LogP contribution in [-0.2, 0) is 0 Å². The summed E-state index contributed by atoms with van der Waals surface area (Å²) in [7, 11) is 0. The van der Waals surface area contributed by atoms with E-state index in [-0.39, 0.29) is 0 Å². The van der Waals surface area contributed by atoms with Crippen LogP contribution in [0.3, 0.4) is 0 Å². The minimum absolute atomic E-state index is 0.376. The molecule has 4 unspecified atom stereocenters. The Bertz CT molecular complexity index is 393. The molecular formula is C14H23BrN2S. The number of likely N-dealkylation sites (tertiary alicyclic amines) is 1. The SMILES string of the molecule is CC1CC(C)C(C)N(C(CN)c2cc(Br)cs2)C1. The van der Waals surface area contributed by atoms with Crippen LogP contribution in [0.5, 0.6) is 0 Å². The van der Waals surface area contributed by atoms with Crippen molar-refractivity contribution in [2.24, 2.45) is 17.6 Å². The third-order valence-corrected chi connectivity index (χ3v) is 5.98. The maximum Gasteiger partial charge on any atom is 0.0567 e.